The molecular formula is C13H24N4O. The number of carbonyl (C=O) groups is 1. The van der Waals surface area contributed by atoms with Crippen LogP contribution in [0.15, 0.2) is 12.3 Å². The highest BCUT2D eigenvalue weighted by Crippen LogP contribution is 2.09. The van der Waals surface area contributed by atoms with E-state index in [1.54, 1.807) is 6.20 Å². The first-order chi connectivity index (χ1) is 8.72. The van der Waals surface area contributed by atoms with Crippen molar-refractivity contribution in [2.24, 2.45) is 11.7 Å². The molecule has 18 heavy (non-hydrogen) atoms. The standard InChI is InChI=1S/C13H24N4O/c1-3-6-15-13(18)11(10-14)9-12-5-7-16-17(12)8-4-2/h5,7,11H,3-4,6,8-10,14H2,1-2H3,(H,15,18). The Bertz CT molecular complexity index is 362. The molecule has 0 aliphatic carbocycles. The van der Waals surface area contributed by atoms with Crippen molar-refractivity contribution in [3.63, 3.8) is 0 Å². The van der Waals surface area contributed by atoms with Crippen LogP contribution in [0.4, 0.5) is 0 Å². The van der Waals surface area contributed by atoms with Crippen molar-refractivity contribution < 1.29 is 4.79 Å². The highest BCUT2D eigenvalue weighted by atomic mass is 16.1. The van der Waals surface area contributed by atoms with Gasteiger partial charge in [0.2, 0.25) is 5.91 Å². The smallest absolute Gasteiger partial charge is 0.224 e. The Labute approximate surface area is 109 Å². The number of carbonyl (C=O) groups excluding carboxylic acids is 1. The van der Waals surface area contributed by atoms with Gasteiger partial charge in [-0.25, -0.2) is 0 Å². The summed E-state index contributed by atoms with van der Waals surface area (Å²) in [5.74, 6) is -0.118. The third-order valence-electron chi connectivity index (χ3n) is 2.90. The first-order valence-corrected chi connectivity index (χ1v) is 6.71. The van der Waals surface area contributed by atoms with E-state index >= 15 is 0 Å². The van der Waals surface area contributed by atoms with Crippen LogP contribution in [0.3, 0.4) is 0 Å². The normalized spacial score (nSPS) is 12.4. The maximum absolute atomic E-state index is 11.9. The predicted molar refractivity (Wildman–Crippen MR) is 72.1 cm³/mol. The zero-order valence-electron chi connectivity index (χ0n) is 11.4. The van der Waals surface area contributed by atoms with Gasteiger partial charge in [0.05, 0.1) is 5.92 Å². The Morgan fingerprint density at radius 2 is 2.28 bits per heavy atom. The van der Waals surface area contributed by atoms with Gasteiger partial charge in [0.25, 0.3) is 0 Å². The summed E-state index contributed by atoms with van der Waals surface area (Å²) in [6.45, 7) is 6.11. The second kappa shape index (κ2) is 7.87. The van der Waals surface area contributed by atoms with Crippen molar-refractivity contribution in [2.75, 3.05) is 13.1 Å². The van der Waals surface area contributed by atoms with Crippen LogP contribution in [0, 0.1) is 5.92 Å². The van der Waals surface area contributed by atoms with Gasteiger partial charge in [0, 0.05) is 37.9 Å². The number of hydrogen-bond acceptors (Lipinski definition) is 3. The zero-order valence-corrected chi connectivity index (χ0v) is 11.4. The number of amides is 1. The maximum atomic E-state index is 11.9. The van der Waals surface area contributed by atoms with Gasteiger partial charge in [-0.15, -0.1) is 0 Å². The molecule has 0 radical (unpaired) electrons. The first-order valence-electron chi connectivity index (χ1n) is 6.71. The van der Waals surface area contributed by atoms with Gasteiger partial charge in [0.1, 0.15) is 0 Å². The lowest BCUT2D eigenvalue weighted by Gasteiger charge is -2.15. The van der Waals surface area contributed by atoms with Gasteiger partial charge >= 0.3 is 0 Å². The van der Waals surface area contributed by atoms with Crippen molar-refractivity contribution in [3.05, 3.63) is 18.0 Å². The number of aryl methyl sites for hydroxylation is 1. The second-order valence-corrected chi connectivity index (χ2v) is 4.47. The molecule has 1 rings (SSSR count). The van der Waals surface area contributed by atoms with Gasteiger partial charge in [-0.1, -0.05) is 13.8 Å². The number of nitrogens with one attached hydrogen (secondary N) is 1. The molecule has 3 N–H and O–H groups in total. The number of aromatic nitrogens is 2. The molecule has 0 saturated carbocycles. The SMILES string of the molecule is CCCNC(=O)C(CN)Cc1ccnn1CCC. The minimum atomic E-state index is -0.163. The van der Waals surface area contributed by atoms with E-state index in [-0.39, 0.29) is 11.8 Å². The van der Waals surface area contributed by atoms with Gasteiger partial charge in [-0.3, -0.25) is 9.48 Å². The van der Waals surface area contributed by atoms with Crippen molar-refractivity contribution >= 4 is 5.91 Å². The van der Waals surface area contributed by atoms with Gasteiger partial charge in [0.15, 0.2) is 0 Å². The fourth-order valence-corrected chi connectivity index (χ4v) is 1.87. The molecule has 1 atom stereocenters. The quantitative estimate of drug-likeness (QED) is 0.723. The summed E-state index contributed by atoms with van der Waals surface area (Å²) in [4.78, 5) is 11.9. The first kappa shape index (κ1) is 14.7. The van der Waals surface area contributed by atoms with Crippen molar-refractivity contribution in [2.45, 2.75) is 39.7 Å². The van der Waals surface area contributed by atoms with E-state index in [4.69, 9.17) is 5.73 Å². The van der Waals surface area contributed by atoms with Crippen molar-refractivity contribution in [3.8, 4) is 0 Å². The van der Waals surface area contributed by atoms with E-state index in [1.165, 1.54) is 0 Å². The van der Waals surface area contributed by atoms with E-state index in [9.17, 15) is 4.79 Å². The molecule has 0 aliphatic heterocycles. The highest BCUT2D eigenvalue weighted by molar-refractivity contribution is 5.79. The van der Waals surface area contributed by atoms with E-state index in [2.05, 4.69) is 17.3 Å². The largest absolute Gasteiger partial charge is 0.356 e. The molecule has 102 valence electrons. The van der Waals surface area contributed by atoms with Crippen LogP contribution in [0.2, 0.25) is 0 Å². The summed E-state index contributed by atoms with van der Waals surface area (Å²) in [5.41, 5.74) is 6.78. The topological polar surface area (TPSA) is 72.9 Å². The third-order valence-corrected chi connectivity index (χ3v) is 2.90. The number of nitrogens with zero attached hydrogens (tertiary/aromatic N) is 2. The molecule has 1 unspecified atom stereocenters. The monoisotopic (exact) mass is 252 g/mol. The minimum Gasteiger partial charge on any atom is -0.356 e. The molecule has 0 spiro atoms. The molecule has 0 fully saturated rings. The minimum absolute atomic E-state index is 0.0450. The van der Waals surface area contributed by atoms with Crippen LogP contribution in [-0.4, -0.2) is 28.8 Å². The number of hydrogen-bond donors (Lipinski definition) is 2. The number of rotatable bonds is 8. The lowest BCUT2D eigenvalue weighted by atomic mass is 10.0. The van der Waals surface area contributed by atoms with Crippen LogP contribution in [-0.2, 0) is 17.8 Å². The van der Waals surface area contributed by atoms with E-state index in [1.807, 2.05) is 17.7 Å². The molecular weight excluding hydrogens is 228 g/mol. The predicted octanol–water partition coefficient (Wildman–Crippen LogP) is 0.937. The molecule has 1 aromatic heterocycles. The van der Waals surface area contributed by atoms with Crippen LogP contribution in [0.1, 0.15) is 32.4 Å². The lowest BCUT2D eigenvalue weighted by molar-refractivity contribution is -0.124. The molecule has 5 heteroatoms. The summed E-state index contributed by atoms with van der Waals surface area (Å²) in [7, 11) is 0. The van der Waals surface area contributed by atoms with E-state index < -0.39 is 0 Å². The Balaban J connectivity index is 2.61. The third kappa shape index (κ3) is 4.14. The number of nitrogens with two attached hydrogens (primary N) is 1. The molecule has 0 aromatic carbocycles. The fourth-order valence-electron chi connectivity index (χ4n) is 1.87. The van der Waals surface area contributed by atoms with Crippen LogP contribution in [0.5, 0.6) is 0 Å². The summed E-state index contributed by atoms with van der Waals surface area (Å²) in [5, 5.41) is 7.16. The van der Waals surface area contributed by atoms with Gasteiger partial charge < -0.3 is 11.1 Å². The molecule has 0 bridgehead atoms. The average molecular weight is 252 g/mol. The van der Waals surface area contributed by atoms with Gasteiger partial charge in [-0.05, 0) is 18.9 Å². The average Bonchev–Trinajstić information content (AvgIpc) is 2.81. The zero-order chi connectivity index (χ0) is 13.4. The molecule has 0 saturated heterocycles. The fraction of sp³-hybridized carbons (Fsp3) is 0.692. The van der Waals surface area contributed by atoms with Crippen LogP contribution in [0.25, 0.3) is 0 Å². The van der Waals surface area contributed by atoms with E-state index in [0.717, 1.165) is 25.1 Å². The Morgan fingerprint density at radius 3 is 2.89 bits per heavy atom. The molecule has 1 amide bonds. The lowest BCUT2D eigenvalue weighted by Crippen LogP contribution is -2.37. The summed E-state index contributed by atoms with van der Waals surface area (Å²) < 4.78 is 1.95. The molecule has 0 aliphatic rings. The summed E-state index contributed by atoms with van der Waals surface area (Å²) >= 11 is 0. The second-order valence-electron chi connectivity index (χ2n) is 4.47. The molecule has 5 nitrogen and oxygen atoms in total. The molecule has 1 heterocycles. The van der Waals surface area contributed by atoms with Crippen LogP contribution >= 0.6 is 0 Å². The van der Waals surface area contributed by atoms with E-state index in [0.29, 0.717) is 19.5 Å². The Morgan fingerprint density at radius 1 is 1.50 bits per heavy atom. The summed E-state index contributed by atoms with van der Waals surface area (Å²) in [6.07, 6.45) is 4.41. The van der Waals surface area contributed by atoms with Crippen molar-refractivity contribution in [1.82, 2.24) is 15.1 Å². The Hall–Kier alpha value is -1.36. The molecule has 1 aromatic rings. The Kier molecular flexibility index (Phi) is 6.43. The van der Waals surface area contributed by atoms with Crippen molar-refractivity contribution in [1.29, 1.82) is 0 Å². The van der Waals surface area contributed by atoms with Crippen LogP contribution < -0.4 is 11.1 Å². The van der Waals surface area contributed by atoms with Gasteiger partial charge in [-0.2, -0.15) is 5.10 Å². The highest BCUT2D eigenvalue weighted by Gasteiger charge is 2.18. The maximum Gasteiger partial charge on any atom is 0.224 e. The summed E-state index contributed by atoms with van der Waals surface area (Å²) in [6, 6.07) is 1.96.